The molecule has 0 saturated carbocycles. The number of hydrogen-bond donors (Lipinski definition) is 0. The average molecular weight is 297 g/mol. The summed E-state index contributed by atoms with van der Waals surface area (Å²) in [6, 6.07) is 9.45. The molecule has 2 aromatic carbocycles. The van der Waals surface area contributed by atoms with Gasteiger partial charge in [0.15, 0.2) is 5.78 Å². The normalized spacial score (nSPS) is 10.3. The van der Waals surface area contributed by atoms with Gasteiger partial charge in [0, 0.05) is 16.1 Å². The monoisotopic (exact) mass is 296 g/mol. The SMILES string of the molecule is O=C(c1ccc(Br)cc1)c1ccc(F)cc1F. The molecule has 2 rings (SSSR count). The molecule has 86 valence electrons. The smallest absolute Gasteiger partial charge is 0.195 e. The van der Waals surface area contributed by atoms with Crippen LogP contribution in [-0.2, 0) is 0 Å². The van der Waals surface area contributed by atoms with E-state index in [1.807, 2.05) is 0 Å². The largest absolute Gasteiger partial charge is 0.288 e. The fourth-order valence-corrected chi connectivity index (χ4v) is 1.69. The molecule has 1 nitrogen and oxygen atoms in total. The van der Waals surface area contributed by atoms with Crippen molar-refractivity contribution in [3.05, 3.63) is 69.7 Å². The first-order valence-corrected chi connectivity index (χ1v) is 5.62. The van der Waals surface area contributed by atoms with Crippen molar-refractivity contribution in [2.75, 3.05) is 0 Å². The van der Waals surface area contributed by atoms with E-state index in [0.717, 1.165) is 16.6 Å². The van der Waals surface area contributed by atoms with Gasteiger partial charge in [-0.2, -0.15) is 0 Å². The molecule has 0 aliphatic heterocycles. The van der Waals surface area contributed by atoms with Crippen molar-refractivity contribution >= 4 is 21.7 Å². The predicted molar refractivity (Wildman–Crippen MR) is 63.9 cm³/mol. The fourth-order valence-electron chi connectivity index (χ4n) is 1.43. The lowest BCUT2D eigenvalue weighted by Gasteiger charge is -2.03. The van der Waals surface area contributed by atoms with E-state index in [9.17, 15) is 13.6 Å². The lowest BCUT2D eigenvalue weighted by Crippen LogP contribution is -2.04. The van der Waals surface area contributed by atoms with Crippen molar-refractivity contribution in [2.45, 2.75) is 0 Å². The van der Waals surface area contributed by atoms with Crippen LogP contribution in [0.1, 0.15) is 15.9 Å². The molecule has 0 fully saturated rings. The maximum Gasteiger partial charge on any atom is 0.195 e. The Morgan fingerprint density at radius 2 is 1.65 bits per heavy atom. The van der Waals surface area contributed by atoms with Crippen LogP contribution in [-0.4, -0.2) is 5.78 Å². The third-order valence-corrected chi connectivity index (χ3v) is 2.81. The minimum atomic E-state index is -0.849. The van der Waals surface area contributed by atoms with Gasteiger partial charge in [0.05, 0.1) is 5.56 Å². The van der Waals surface area contributed by atoms with E-state index in [1.165, 1.54) is 0 Å². The summed E-state index contributed by atoms with van der Waals surface area (Å²) in [7, 11) is 0. The van der Waals surface area contributed by atoms with Crippen LogP contribution in [0.2, 0.25) is 0 Å². The van der Waals surface area contributed by atoms with E-state index < -0.39 is 17.4 Å². The first-order valence-electron chi connectivity index (χ1n) is 4.83. The molecule has 0 saturated heterocycles. The third kappa shape index (κ3) is 2.58. The molecular formula is C13H7BrF2O. The highest BCUT2D eigenvalue weighted by Gasteiger charge is 2.14. The number of carbonyl (C=O) groups is 1. The summed E-state index contributed by atoms with van der Waals surface area (Å²) in [5, 5.41) is 0. The van der Waals surface area contributed by atoms with Crippen LogP contribution in [0.25, 0.3) is 0 Å². The molecule has 0 unspecified atom stereocenters. The molecule has 0 aromatic heterocycles. The van der Waals surface area contributed by atoms with Crippen LogP contribution in [0.15, 0.2) is 46.9 Å². The minimum Gasteiger partial charge on any atom is -0.288 e. The van der Waals surface area contributed by atoms with Gasteiger partial charge < -0.3 is 0 Å². The summed E-state index contributed by atoms with van der Waals surface area (Å²) < 4.78 is 26.9. The molecule has 4 heteroatoms. The topological polar surface area (TPSA) is 17.1 Å². The molecule has 0 spiro atoms. The van der Waals surface area contributed by atoms with E-state index in [1.54, 1.807) is 24.3 Å². The Balaban J connectivity index is 2.40. The van der Waals surface area contributed by atoms with Crippen LogP contribution < -0.4 is 0 Å². The minimum absolute atomic E-state index is 0.131. The average Bonchev–Trinajstić information content (AvgIpc) is 2.29. The number of rotatable bonds is 2. The Morgan fingerprint density at radius 3 is 2.24 bits per heavy atom. The zero-order valence-corrected chi connectivity index (χ0v) is 10.2. The lowest BCUT2D eigenvalue weighted by molar-refractivity contribution is 0.103. The van der Waals surface area contributed by atoms with Crippen molar-refractivity contribution in [1.29, 1.82) is 0 Å². The highest BCUT2D eigenvalue weighted by molar-refractivity contribution is 9.10. The zero-order valence-electron chi connectivity index (χ0n) is 8.58. The van der Waals surface area contributed by atoms with Gasteiger partial charge in [0.25, 0.3) is 0 Å². The Morgan fingerprint density at radius 1 is 1.00 bits per heavy atom. The van der Waals surface area contributed by atoms with Gasteiger partial charge in [-0.15, -0.1) is 0 Å². The lowest BCUT2D eigenvalue weighted by atomic mass is 10.0. The molecule has 0 heterocycles. The van der Waals surface area contributed by atoms with Gasteiger partial charge >= 0.3 is 0 Å². The van der Waals surface area contributed by atoms with Crippen molar-refractivity contribution in [2.24, 2.45) is 0 Å². The zero-order chi connectivity index (χ0) is 12.4. The van der Waals surface area contributed by atoms with Crippen LogP contribution in [0.4, 0.5) is 8.78 Å². The predicted octanol–water partition coefficient (Wildman–Crippen LogP) is 3.96. The number of hydrogen-bond acceptors (Lipinski definition) is 1. The van der Waals surface area contributed by atoms with Crippen LogP contribution >= 0.6 is 15.9 Å². The first kappa shape index (κ1) is 11.9. The summed E-state index contributed by atoms with van der Waals surface area (Å²) in [5.74, 6) is -2.01. The van der Waals surface area contributed by atoms with E-state index in [4.69, 9.17) is 0 Å². The Labute approximate surface area is 105 Å². The molecule has 0 N–H and O–H groups in total. The van der Waals surface area contributed by atoms with Gasteiger partial charge in [-0.05, 0) is 36.4 Å². The highest BCUT2D eigenvalue weighted by Crippen LogP contribution is 2.17. The van der Waals surface area contributed by atoms with Gasteiger partial charge in [0.2, 0.25) is 0 Å². The third-order valence-electron chi connectivity index (χ3n) is 2.28. The standard InChI is InChI=1S/C13H7BrF2O/c14-9-3-1-8(2-4-9)13(17)11-6-5-10(15)7-12(11)16/h1-7H. The second-order valence-electron chi connectivity index (χ2n) is 3.46. The van der Waals surface area contributed by atoms with Crippen LogP contribution in [0.5, 0.6) is 0 Å². The van der Waals surface area contributed by atoms with E-state index in [2.05, 4.69) is 15.9 Å². The summed E-state index contributed by atoms with van der Waals surface area (Å²) in [6.45, 7) is 0. The van der Waals surface area contributed by atoms with Gasteiger partial charge in [-0.25, -0.2) is 8.78 Å². The van der Waals surface area contributed by atoms with Crippen LogP contribution in [0, 0.1) is 11.6 Å². The Bertz CT molecular complexity index is 564. The van der Waals surface area contributed by atoms with Crippen molar-refractivity contribution in [3.8, 4) is 0 Å². The van der Waals surface area contributed by atoms with E-state index in [0.29, 0.717) is 11.6 Å². The first-order chi connectivity index (χ1) is 8.08. The van der Waals surface area contributed by atoms with Gasteiger partial charge in [-0.1, -0.05) is 15.9 Å². The van der Waals surface area contributed by atoms with Crippen molar-refractivity contribution in [3.63, 3.8) is 0 Å². The van der Waals surface area contributed by atoms with E-state index in [-0.39, 0.29) is 5.56 Å². The molecular weight excluding hydrogens is 290 g/mol. The second kappa shape index (κ2) is 4.75. The van der Waals surface area contributed by atoms with Gasteiger partial charge in [-0.3, -0.25) is 4.79 Å². The molecule has 0 bridgehead atoms. The molecule has 0 aliphatic carbocycles. The van der Waals surface area contributed by atoms with Crippen molar-refractivity contribution in [1.82, 2.24) is 0 Å². The molecule has 0 aliphatic rings. The summed E-state index contributed by atoms with van der Waals surface area (Å²) in [5.41, 5.74) is 0.229. The number of ketones is 1. The number of benzene rings is 2. The van der Waals surface area contributed by atoms with Gasteiger partial charge in [0.1, 0.15) is 11.6 Å². The Hall–Kier alpha value is -1.55. The number of halogens is 3. The molecule has 0 radical (unpaired) electrons. The second-order valence-corrected chi connectivity index (χ2v) is 4.38. The molecule has 0 atom stereocenters. The summed E-state index contributed by atoms with van der Waals surface area (Å²) in [6.07, 6.45) is 0. The number of carbonyl (C=O) groups excluding carboxylic acids is 1. The van der Waals surface area contributed by atoms with E-state index >= 15 is 0 Å². The molecule has 17 heavy (non-hydrogen) atoms. The Kier molecular flexibility index (Phi) is 3.33. The van der Waals surface area contributed by atoms with Crippen molar-refractivity contribution < 1.29 is 13.6 Å². The maximum atomic E-state index is 13.4. The summed E-state index contributed by atoms with van der Waals surface area (Å²) >= 11 is 3.24. The molecule has 2 aromatic rings. The fraction of sp³-hybridized carbons (Fsp3) is 0. The summed E-state index contributed by atoms with van der Waals surface area (Å²) in [4.78, 5) is 11.9. The van der Waals surface area contributed by atoms with Crippen LogP contribution in [0.3, 0.4) is 0 Å². The molecule has 0 amide bonds. The maximum absolute atomic E-state index is 13.4. The highest BCUT2D eigenvalue weighted by atomic mass is 79.9. The quantitative estimate of drug-likeness (QED) is 0.767.